The van der Waals surface area contributed by atoms with Gasteiger partial charge >= 0.3 is 6.18 Å². The van der Waals surface area contributed by atoms with Crippen molar-refractivity contribution in [2.45, 2.75) is 37.1 Å². The quantitative estimate of drug-likeness (QED) is 0.519. The van der Waals surface area contributed by atoms with E-state index in [-0.39, 0.29) is 11.3 Å². The number of carbonyl (C=O) groups is 1. The summed E-state index contributed by atoms with van der Waals surface area (Å²) < 4.78 is 97.6. The van der Waals surface area contributed by atoms with Crippen LogP contribution in [0.5, 0.6) is 0 Å². The maximum absolute atomic E-state index is 14.5. The maximum Gasteiger partial charge on any atom is 0.425 e. The first kappa shape index (κ1) is 23.4. The van der Waals surface area contributed by atoms with Gasteiger partial charge in [0.25, 0.3) is 12.4 Å². The number of carbonyl (C=O) groups excluding carboxylic acids is 1. The third kappa shape index (κ3) is 4.81. The highest BCUT2D eigenvalue weighted by molar-refractivity contribution is 5.95. The molecule has 0 fully saturated rings. The van der Waals surface area contributed by atoms with E-state index < -0.39 is 72.6 Å². The van der Waals surface area contributed by atoms with Crippen molar-refractivity contribution in [2.75, 3.05) is 6.67 Å². The summed E-state index contributed by atoms with van der Waals surface area (Å²) in [7, 11) is 0. The molecule has 0 unspecified atom stereocenters. The SMILES string of the molecule is NC1=N[C@](CF)(c2cc(CC(=O)c3cnc(C(F)F)cn3)ccc2F)C[C@@H](C(F)(F)F)O1. The van der Waals surface area contributed by atoms with Gasteiger partial charge in [0, 0.05) is 18.4 Å². The molecular weight excluding hydrogens is 449 g/mol. The molecule has 2 heterocycles. The summed E-state index contributed by atoms with van der Waals surface area (Å²) in [6.07, 6.45) is -10.2. The Labute approximate surface area is 176 Å². The number of aliphatic imine (C=N–C) groups is 1. The van der Waals surface area contributed by atoms with Crippen LogP contribution in [0.15, 0.2) is 35.6 Å². The van der Waals surface area contributed by atoms with Crippen molar-refractivity contribution in [3.63, 3.8) is 0 Å². The van der Waals surface area contributed by atoms with E-state index in [9.17, 15) is 35.5 Å². The maximum atomic E-state index is 14.5. The topological polar surface area (TPSA) is 90.5 Å². The Morgan fingerprint density at radius 1 is 1.25 bits per heavy atom. The second-order valence-corrected chi connectivity index (χ2v) is 7.01. The van der Waals surface area contributed by atoms with E-state index in [0.717, 1.165) is 30.6 Å². The van der Waals surface area contributed by atoms with Crippen LogP contribution in [0.1, 0.15) is 40.2 Å². The molecule has 13 heteroatoms. The van der Waals surface area contributed by atoms with Crippen LogP contribution in [0.4, 0.5) is 30.7 Å². The molecule has 0 amide bonds. The number of hydrogen-bond acceptors (Lipinski definition) is 6. The minimum absolute atomic E-state index is 0.0998. The van der Waals surface area contributed by atoms with Crippen molar-refractivity contribution in [2.24, 2.45) is 10.7 Å². The molecule has 32 heavy (non-hydrogen) atoms. The third-order valence-electron chi connectivity index (χ3n) is 4.77. The zero-order chi connectivity index (χ0) is 23.7. The van der Waals surface area contributed by atoms with Crippen LogP contribution in [-0.2, 0) is 16.7 Å². The van der Waals surface area contributed by atoms with Crippen molar-refractivity contribution in [1.29, 1.82) is 0 Å². The van der Waals surface area contributed by atoms with Crippen molar-refractivity contribution < 1.29 is 40.3 Å². The van der Waals surface area contributed by atoms with Gasteiger partial charge in [-0.3, -0.25) is 9.78 Å². The Bertz CT molecular complexity index is 1030. The van der Waals surface area contributed by atoms with Crippen molar-refractivity contribution in [3.8, 4) is 0 Å². The van der Waals surface area contributed by atoms with Crippen LogP contribution in [0, 0.1) is 5.82 Å². The largest absolute Gasteiger partial charge is 0.452 e. The van der Waals surface area contributed by atoms with Gasteiger partial charge in [-0.05, 0) is 17.7 Å². The summed E-state index contributed by atoms with van der Waals surface area (Å²) in [4.78, 5) is 23.0. The van der Waals surface area contributed by atoms with Crippen LogP contribution < -0.4 is 5.73 Å². The van der Waals surface area contributed by atoms with Gasteiger partial charge in [0.05, 0.1) is 12.4 Å². The van der Waals surface area contributed by atoms with E-state index in [0.29, 0.717) is 0 Å². The number of Topliss-reactive ketones (excluding diaryl/α,β-unsaturated/α-hetero) is 1. The van der Waals surface area contributed by atoms with E-state index in [1.807, 2.05) is 0 Å². The van der Waals surface area contributed by atoms with Crippen LogP contribution in [0.25, 0.3) is 0 Å². The molecule has 0 saturated carbocycles. The fourth-order valence-corrected chi connectivity index (χ4v) is 3.20. The normalized spacial score (nSPS) is 21.2. The standard InChI is InChI=1S/C19H15F7N4O2/c20-8-18(5-15(19(24,25)26)32-17(27)30-18)10-3-9(1-2-11(10)21)4-14(31)12-6-29-13(7-28-12)16(22)23/h1-3,6-7,15-16H,4-5,8H2,(H2,27,30)/t15-,18+/m0/s1. The van der Waals surface area contributed by atoms with Gasteiger partial charge in [-0.25, -0.2) is 27.5 Å². The lowest BCUT2D eigenvalue weighted by atomic mass is 9.83. The van der Waals surface area contributed by atoms with Crippen LogP contribution >= 0.6 is 0 Å². The Kier molecular flexibility index (Phi) is 6.37. The average molecular weight is 464 g/mol. The minimum Gasteiger partial charge on any atom is -0.452 e. The number of nitrogens with zero attached hydrogens (tertiary/aromatic N) is 3. The zero-order valence-corrected chi connectivity index (χ0v) is 16.0. The number of ether oxygens (including phenoxy) is 1. The van der Waals surface area contributed by atoms with E-state index >= 15 is 0 Å². The second kappa shape index (κ2) is 8.71. The molecular formula is C19H15F7N4O2. The minimum atomic E-state index is -4.91. The first-order valence-corrected chi connectivity index (χ1v) is 9.02. The second-order valence-electron chi connectivity index (χ2n) is 7.01. The molecule has 6 nitrogen and oxygen atoms in total. The predicted molar refractivity (Wildman–Crippen MR) is 96.2 cm³/mol. The van der Waals surface area contributed by atoms with E-state index in [1.165, 1.54) is 0 Å². The number of benzene rings is 1. The summed E-state index contributed by atoms with van der Waals surface area (Å²) in [5.74, 6) is -1.74. The Hall–Kier alpha value is -3.25. The summed E-state index contributed by atoms with van der Waals surface area (Å²) in [5, 5.41) is 0. The summed E-state index contributed by atoms with van der Waals surface area (Å²) >= 11 is 0. The molecule has 0 radical (unpaired) electrons. The van der Waals surface area contributed by atoms with Crippen molar-refractivity contribution >= 4 is 11.8 Å². The number of alkyl halides is 6. The van der Waals surface area contributed by atoms with E-state index in [2.05, 4.69) is 19.7 Å². The van der Waals surface area contributed by atoms with Crippen LogP contribution in [0.2, 0.25) is 0 Å². The van der Waals surface area contributed by atoms with Gasteiger partial charge in [0.1, 0.15) is 29.4 Å². The molecule has 2 aromatic rings. The monoisotopic (exact) mass is 464 g/mol. The number of ketones is 1. The fraction of sp³-hybridized carbons (Fsp3) is 0.368. The lowest BCUT2D eigenvalue weighted by Gasteiger charge is -2.36. The summed E-state index contributed by atoms with van der Waals surface area (Å²) in [6, 6.07) is 2.07. The Balaban J connectivity index is 1.92. The molecule has 172 valence electrons. The molecule has 1 aliphatic rings. The number of hydrogen-bond donors (Lipinski definition) is 1. The molecule has 1 aromatic heterocycles. The fourth-order valence-electron chi connectivity index (χ4n) is 3.20. The van der Waals surface area contributed by atoms with Gasteiger partial charge in [0.15, 0.2) is 11.9 Å². The number of aromatic nitrogens is 2. The van der Waals surface area contributed by atoms with Gasteiger partial charge in [-0.15, -0.1) is 0 Å². The van der Waals surface area contributed by atoms with Crippen molar-refractivity contribution in [3.05, 3.63) is 58.9 Å². The molecule has 0 bridgehead atoms. The molecule has 3 rings (SSSR count). The lowest BCUT2D eigenvalue weighted by Crippen LogP contribution is -2.48. The molecule has 0 saturated heterocycles. The van der Waals surface area contributed by atoms with Crippen LogP contribution in [-0.4, -0.2) is 40.7 Å². The smallest absolute Gasteiger partial charge is 0.425 e. The van der Waals surface area contributed by atoms with Crippen LogP contribution in [0.3, 0.4) is 0 Å². The number of rotatable bonds is 6. The highest BCUT2D eigenvalue weighted by Gasteiger charge is 2.52. The molecule has 0 spiro atoms. The Morgan fingerprint density at radius 3 is 2.53 bits per heavy atom. The van der Waals surface area contributed by atoms with E-state index in [4.69, 9.17) is 5.73 Å². The Morgan fingerprint density at radius 2 is 1.97 bits per heavy atom. The first-order chi connectivity index (χ1) is 14.9. The highest BCUT2D eigenvalue weighted by atomic mass is 19.4. The highest BCUT2D eigenvalue weighted by Crippen LogP contribution is 2.41. The average Bonchev–Trinajstić information content (AvgIpc) is 2.74. The predicted octanol–water partition coefficient (Wildman–Crippen LogP) is 3.81. The number of halogens is 7. The molecule has 1 aromatic carbocycles. The first-order valence-electron chi connectivity index (χ1n) is 9.02. The summed E-state index contributed by atoms with van der Waals surface area (Å²) in [5.41, 5.74) is 1.66. The van der Waals surface area contributed by atoms with E-state index in [1.54, 1.807) is 0 Å². The molecule has 2 atom stereocenters. The van der Waals surface area contributed by atoms with Gasteiger partial charge in [-0.2, -0.15) is 13.2 Å². The molecule has 0 aliphatic carbocycles. The lowest BCUT2D eigenvalue weighted by molar-refractivity contribution is -0.209. The number of amidine groups is 1. The zero-order valence-electron chi connectivity index (χ0n) is 16.0. The number of nitrogens with two attached hydrogens (primary N) is 1. The molecule has 2 N–H and O–H groups in total. The van der Waals surface area contributed by atoms with Gasteiger partial charge in [0.2, 0.25) is 0 Å². The third-order valence-corrected chi connectivity index (χ3v) is 4.77. The molecule has 1 aliphatic heterocycles. The van der Waals surface area contributed by atoms with Crippen molar-refractivity contribution in [1.82, 2.24) is 9.97 Å². The van der Waals surface area contributed by atoms with Gasteiger partial charge < -0.3 is 10.5 Å². The summed E-state index contributed by atoms with van der Waals surface area (Å²) in [6.45, 7) is -1.52. The van der Waals surface area contributed by atoms with Gasteiger partial charge in [-0.1, -0.05) is 6.07 Å².